The second kappa shape index (κ2) is 12.2. The minimum absolute atomic E-state index is 0.0776. The maximum Gasteiger partial charge on any atom is 0.303 e. The van der Waals surface area contributed by atoms with Crippen molar-refractivity contribution in [3.63, 3.8) is 0 Å². The standard InChI is InChI=1S/C29H22Cl2F2N2O3/c30-24-10-5-17(12-25(24)31)22-9-8-21(14-26(22)33)34-15-18-4-7-20(32)13-23(18)19-6-11-27(35-16-19)28(36)2-1-3-29(37)38/h4-14,16,34H,1-3,15H2,(H,37,38). The van der Waals surface area contributed by atoms with Gasteiger partial charge in [0.2, 0.25) is 0 Å². The molecule has 0 unspecified atom stereocenters. The molecule has 0 spiro atoms. The van der Waals surface area contributed by atoms with Crippen LogP contribution in [0.2, 0.25) is 10.0 Å². The Hall–Kier alpha value is -3.81. The molecule has 0 aliphatic heterocycles. The zero-order chi connectivity index (χ0) is 27.2. The number of anilines is 1. The Bertz CT molecular complexity index is 1490. The van der Waals surface area contributed by atoms with E-state index in [1.807, 2.05) is 0 Å². The maximum atomic E-state index is 14.9. The van der Waals surface area contributed by atoms with E-state index in [1.165, 1.54) is 30.5 Å². The van der Waals surface area contributed by atoms with E-state index in [2.05, 4.69) is 10.3 Å². The van der Waals surface area contributed by atoms with Crippen molar-refractivity contribution in [1.82, 2.24) is 4.98 Å². The number of carboxylic acid groups (broad SMARTS) is 1. The molecule has 4 rings (SSSR count). The summed E-state index contributed by atoms with van der Waals surface area (Å²) in [5.74, 6) is -2.10. The highest BCUT2D eigenvalue weighted by molar-refractivity contribution is 6.42. The Balaban J connectivity index is 1.49. The SMILES string of the molecule is O=C(O)CCCC(=O)c1ccc(-c2cc(F)ccc2CNc2ccc(-c3ccc(Cl)c(Cl)c3)c(F)c2)cn1. The summed E-state index contributed by atoms with van der Waals surface area (Å²) in [6, 6.07) is 17.2. The van der Waals surface area contributed by atoms with Crippen LogP contribution in [-0.2, 0) is 11.3 Å². The molecule has 0 aliphatic carbocycles. The van der Waals surface area contributed by atoms with Crippen molar-refractivity contribution in [3.05, 3.63) is 106 Å². The van der Waals surface area contributed by atoms with Gasteiger partial charge in [0, 0.05) is 42.4 Å². The molecular weight excluding hydrogens is 533 g/mol. The van der Waals surface area contributed by atoms with Crippen LogP contribution >= 0.6 is 23.2 Å². The van der Waals surface area contributed by atoms with E-state index >= 15 is 0 Å². The fourth-order valence-corrected chi connectivity index (χ4v) is 4.24. The number of Topliss-reactive ketones (excluding diaryl/α,β-unsaturated/α-hetero) is 1. The lowest BCUT2D eigenvalue weighted by molar-refractivity contribution is -0.137. The van der Waals surface area contributed by atoms with Crippen molar-refractivity contribution in [3.8, 4) is 22.3 Å². The van der Waals surface area contributed by atoms with Crippen LogP contribution in [0.4, 0.5) is 14.5 Å². The number of benzene rings is 3. The van der Waals surface area contributed by atoms with Crippen LogP contribution in [0, 0.1) is 11.6 Å². The van der Waals surface area contributed by atoms with Gasteiger partial charge in [-0.3, -0.25) is 14.6 Å². The molecule has 0 radical (unpaired) electrons. The number of nitrogens with one attached hydrogen (secondary N) is 1. The quantitative estimate of drug-likeness (QED) is 0.194. The first-order valence-electron chi connectivity index (χ1n) is 11.7. The summed E-state index contributed by atoms with van der Waals surface area (Å²) < 4.78 is 29.0. The number of carbonyl (C=O) groups is 2. The average Bonchev–Trinajstić information content (AvgIpc) is 2.89. The third-order valence-electron chi connectivity index (χ3n) is 5.91. The number of carbonyl (C=O) groups excluding carboxylic acids is 1. The lowest BCUT2D eigenvalue weighted by atomic mass is 9.99. The summed E-state index contributed by atoms with van der Waals surface area (Å²) in [6.07, 6.45) is 1.69. The van der Waals surface area contributed by atoms with Crippen molar-refractivity contribution in [2.75, 3.05) is 5.32 Å². The molecule has 0 amide bonds. The van der Waals surface area contributed by atoms with Crippen LogP contribution in [-0.4, -0.2) is 21.8 Å². The van der Waals surface area contributed by atoms with Crippen molar-refractivity contribution >= 4 is 40.6 Å². The minimum Gasteiger partial charge on any atom is -0.481 e. The lowest BCUT2D eigenvalue weighted by Crippen LogP contribution is -2.05. The number of ketones is 1. The molecule has 1 aromatic heterocycles. The highest BCUT2D eigenvalue weighted by Gasteiger charge is 2.13. The molecule has 0 aliphatic rings. The molecule has 0 fully saturated rings. The summed E-state index contributed by atoms with van der Waals surface area (Å²) in [4.78, 5) is 27.1. The molecule has 194 valence electrons. The molecule has 2 N–H and O–H groups in total. The second-order valence-corrected chi connectivity index (χ2v) is 9.40. The topological polar surface area (TPSA) is 79.3 Å². The van der Waals surface area contributed by atoms with Crippen LogP contribution in [0.15, 0.2) is 72.9 Å². The molecule has 5 nitrogen and oxygen atoms in total. The number of carboxylic acids is 1. The van der Waals surface area contributed by atoms with Crippen LogP contribution in [0.5, 0.6) is 0 Å². The van der Waals surface area contributed by atoms with Gasteiger partial charge in [-0.05, 0) is 71.6 Å². The largest absolute Gasteiger partial charge is 0.481 e. The van der Waals surface area contributed by atoms with Gasteiger partial charge in [-0.25, -0.2) is 8.78 Å². The summed E-state index contributed by atoms with van der Waals surface area (Å²) in [6.45, 7) is 0.275. The third kappa shape index (κ3) is 6.73. The Labute approximate surface area is 228 Å². The molecule has 0 saturated carbocycles. The van der Waals surface area contributed by atoms with E-state index in [1.54, 1.807) is 42.5 Å². The van der Waals surface area contributed by atoms with Gasteiger partial charge in [-0.1, -0.05) is 41.4 Å². The van der Waals surface area contributed by atoms with E-state index in [0.29, 0.717) is 38.0 Å². The maximum absolute atomic E-state index is 14.9. The normalized spacial score (nSPS) is 10.8. The Morgan fingerprint density at radius 3 is 2.32 bits per heavy atom. The van der Waals surface area contributed by atoms with E-state index in [-0.39, 0.29) is 37.3 Å². The fraction of sp³-hybridized carbons (Fsp3) is 0.138. The number of pyridine rings is 1. The minimum atomic E-state index is -0.960. The van der Waals surface area contributed by atoms with Crippen LogP contribution in [0.1, 0.15) is 35.3 Å². The highest BCUT2D eigenvalue weighted by Crippen LogP contribution is 2.31. The van der Waals surface area contributed by atoms with E-state index in [0.717, 1.165) is 5.56 Å². The van der Waals surface area contributed by atoms with Gasteiger partial charge in [-0.15, -0.1) is 0 Å². The Morgan fingerprint density at radius 2 is 1.63 bits per heavy atom. The van der Waals surface area contributed by atoms with Crippen LogP contribution in [0.3, 0.4) is 0 Å². The molecule has 3 aromatic carbocycles. The molecule has 0 atom stereocenters. The smallest absolute Gasteiger partial charge is 0.303 e. The molecule has 38 heavy (non-hydrogen) atoms. The summed E-state index contributed by atoms with van der Waals surface area (Å²) in [7, 11) is 0. The monoisotopic (exact) mass is 554 g/mol. The highest BCUT2D eigenvalue weighted by atomic mass is 35.5. The second-order valence-electron chi connectivity index (χ2n) is 8.58. The first-order chi connectivity index (χ1) is 18.2. The van der Waals surface area contributed by atoms with E-state index in [4.69, 9.17) is 28.3 Å². The first-order valence-corrected chi connectivity index (χ1v) is 12.5. The van der Waals surface area contributed by atoms with Gasteiger partial charge in [-0.2, -0.15) is 0 Å². The predicted octanol–water partition coefficient (Wildman–Crippen LogP) is 8.05. The van der Waals surface area contributed by atoms with Crippen LogP contribution in [0.25, 0.3) is 22.3 Å². The van der Waals surface area contributed by atoms with Crippen LogP contribution < -0.4 is 5.32 Å². The van der Waals surface area contributed by atoms with Crippen molar-refractivity contribution < 1.29 is 23.5 Å². The van der Waals surface area contributed by atoms with Gasteiger partial charge in [0.15, 0.2) is 5.78 Å². The zero-order valence-electron chi connectivity index (χ0n) is 20.0. The third-order valence-corrected chi connectivity index (χ3v) is 6.65. The summed E-state index contributed by atoms with van der Waals surface area (Å²) in [5.41, 5.74) is 3.63. The van der Waals surface area contributed by atoms with E-state index in [9.17, 15) is 18.4 Å². The molecule has 0 saturated heterocycles. The number of aromatic nitrogens is 1. The van der Waals surface area contributed by atoms with Crippen molar-refractivity contribution in [2.45, 2.75) is 25.8 Å². The Kier molecular flexibility index (Phi) is 8.71. The molecular formula is C29H22Cl2F2N2O3. The Morgan fingerprint density at radius 1 is 0.842 bits per heavy atom. The fourth-order valence-electron chi connectivity index (χ4n) is 3.94. The van der Waals surface area contributed by atoms with E-state index < -0.39 is 17.6 Å². The van der Waals surface area contributed by atoms with Gasteiger partial charge >= 0.3 is 5.97 Å². The van der Waals surface area contributed by atoms with Gasteiger partial charge in [0.1, 0.15) is 17.3 Å². The summed E-state index contributed by atoms with van der Waals surface area (Å²) >= 11 is 12.0. The molecule has 4 aromatic rings. The molecule has 9 heteroatoms. The number of hydrogen-bond donors (Lipinski definition) is 2. The number of rotatable bonds is 10. The summed E-state index contributed by atoms with van der Waals surface area (Å²) in [5, 5.41) is 12.6. The zero-order valence-corrected chi connectivity index (χ0v) is 21.5. The van der Waals surface area contributed by atoms with Gasteiger partial charge in [0.05, 0.1) is 10.0 Å². The number of aliphatic carboxylic acids is 1. The number of nitrogens with zero attached hydrogens (tertiary/aromatic N) is 1. The lowest BCUT2D eigenvalue weighted by Gasteiger charge is -2.13. The van der Waals surface area contributed by atoms with Crippen molar-refractivity contribution in [2.24, 2.45) is 0 Å². The molecule has 0 bridgehead atoms. The van der Waals surface area contributed by atoms with Gasteiger partial charge in [0.25, 0.3) is 0 Å². The van der Waals surface area contributed by atoms with Gasteiger partial charge < -0.3 is 10.4 Å². The molecule has 1 heterocycles. The predicted molar refractivity (Wildman–Crippen MR) is 145 cm³/mol. The number of hydrogen-bond acceptors (Lipinski definition) is 4. The average molecular weight is 555 g/mol. The number of halogens is 4. The first kappa shape index (κ1) is 27.2. The van der Waals surface area contributed by atoms with Crippen molar-refractivity contribution in [1.29, 1.82) is 0 Å².